The number of halogens is 1. The van der Waals surface area contributed by atoms with Crippen LogP contribution in [-0.2, 0) is 16.0 Å². The molecule has 1 saturated heterocycles. The maximum Gasteiger partial charge on any atom is 0.190 e. The van der Waals surface area contributed by atoms with Gasteiger partial charge in [-0.1, -0.05) is 0 Å². The van der Waals surface area contributed by atoms with Gasteiger partial charge in [0.2, 0.25) is 0 Å². The third-order valence-electron chi connectivity index (χ3n) is 3.91. The van der Waals surface area contributed by atoms with Crippen LogP contribution in [0.2, 0.25) is 0 Å². The molecule has 144 valence electrons. The average Bonchev–Trinajstić information content (AvgIpc) is 3.29. The summed E-state index contributed by atoms with van der Waals surface area (Å²) in [4.78, 5) is 4.22. The molecule has 0 aromatic carbocycles. The molecule has 0 bridgehead atoms. The van der Waals surface area contributed by atoms with Crippen LogP contribution in [0.1, 0.15) is 32.1 Å². The molecule has 25 heavy (non-hydrogen) atoms. The van der Waals surface area contributed by atoms with E-state index in [4.69, 9.17) is 9.47 Å². The number of hydrogen-bond acceptors (Lipinski definition) is 5. The molecule has 0 saturated carbocycles. The number of unbranched alkanes of at least 4 members (excludes halogenated alkanes) is 1. The normalized spacial score (nSPS) is 17.3. The smallest absolute Gasteiger partial charge is 0.190 e. The van der Waals surface area contributed by atoms with E-state index in [9.17, 15) is 0 Å². The molecular formula is C16H31IN6O2. The summed E-state index contributed by atoms with van der Waals surface area (Å²) in [7, 11) is 1.79. The SMILES string of the molecule is CN=C(NCCCCn1cnnc1)NCCCOCC1CCCO1.I. The van der Waals surface area contributed by atoms with Crippen LogP contribution in [0.25, 0.3) is 0 Å². The number of rotatable bonds is 11. The number of aryl methyl sites for hydroxylation is 1. The van der Waals surface area contributed by atoms with E-state index in [-0.39, 0.29) is 24.0 Å². The van der Waals surface area contributed by atoms with E-state index < -0.39 is 0 Å². The molecular weight excluding hydrogens is 435 g/mol. The molecule has 0 amide bonds. The van der Waals surface area contributed by atoms with Crippen molar-refractivity contribution in [3.63, 3.8) is 0 Å². The molecule has 1 aliphatic heterocycles. The van der Waals surface area contributed by atoms with Crippen LogP contribution in [0.4, 0.5) is 0 Å². The van der Waals surface area contributed by atoms with Crippen molar-refractivity contribution in [2.45, 2.75) is 44.8 Å². The Morgan fingerprint density at radius 3 is 2.68 bits per heavy atom. The number of hydrogen-bond donors (Lipinski definition) is 2. The first-order chi connectivity index (χ1) is 11.9. The number of aromatic nitrogens is 3. The van der Waals surface area contributed by atoms with Crippen molar-refractivity contribution < 1.29 is 9.47 Å². The highest BCUT2D eigenvalue weighted by atomic mass is 127. The lowest BCUT2D eigenvalue weighted by molar-refractivity contribution is 0.0168. The Kier molecular flexibility index (Phi) is 12.6. The highest BCUT2D eigenvalue weighted by Crippen LogP contribution is 2.11. The molecule has 0 radical (unpaired) electrons. The van der Waals surface area contributed by atoms with E-state index in [1.807, 2.05) is 4.57 Å². The highest BCUT2D eigenvalue weighted by Gasteiger charge is 2.14. The largest absolute Gasteiger partial charge is 0.379 e. The molecule has 1 unspecified atom stereocenters. The highest BCUT2D eigenvalue weighted by molar-refractivity contribution is 14.0. The number of ether oxygens (including phenoxy) is 2. The minimum absolute atomic E-state index is 0. The van der Waals surface area contributed by atoms with Crippen molar-refractivity contribution in [1.82, 2.24) is 25.4 Å². The van der Waals surface area contributed by atoms with Crippen LogP contribution in [0.15, 0.2) is 17.6 Å². The topological polar surface area (TPSA) is 85.6 Å². The molecule has 2 N–H and O–H groups in total. The Labute approximate surface area is 167 Å². The number of aliphatic imine (C=N–C) groups is 1. The average molecular weight is 466 g/mol. The second kappa shape index (κ2) is 14.3. The maximum atomic E-state index is 5.64. The first-order valence-corrected chi connectivity index (χ1v) is 8.85. The molecule has 1 aliphatic rings. The zero-order valence-electron chi connectivity index (χ0n) is 15.0. The van der Waals surface area contributed by atoms with E-state index in [2.05, 4.69) is 25.8 Å². The Bertz CT molecular complexity index is 451. The van der Waals surface area contributed by atoms with Gasteiger partial charge in [-0.3, -0.25) is 4.99 Å². The van der Waals surface area contributed by atoms with Crippen molar-refractivity contribution in [3.05, 3.63) is 12.7 Å². The van der Waals surface area contributed by atoms with Gasteiger partial charge < -0.3 is 24.7 Å². The van der Waals surface area contributed by atoms with Crippen LogP contribution in [0.3, 0.4) is 0 Å². The van der Waals surface area contributed by atoms with Gasteiger partial charge in [-0.2, -0.15) is 0 Å². The molecule has 0 spiro atoms. The molecule has 0 aliphatic carbocycles. The first-order valence-electron chi connectivity index (χ1n) is 8.85. The second-order valence-electron chi connectivity index (χ2n) is 5.90. The minimum Gasteiger partial charge on any atom is -0.379 e. The van der Waals surface area contributed by atoms with Crippen molar-refractivity contribution in [2.75, 3.05) is 40.0 Å². The van der Waals surface area contributed by atoms with Crippen molar-refractivity contribution in [1.29, 1.82) is 0 Å². The Morgan fingerprint density at radius 1 is 1.24 bits per heavy atom. The summed E-state index contributed by atoms with van der Waals surface area (Å²) in [6, 6.07) is 0. The quantitative estimate of drug-likeness (QED) is 0.222. The molecule has 9 heteroatoms. The van der Waals surface area contributed by atoms with Gasteiger partial charge in [-0.25, -0.2) is 0 Å². The van der Waals surface area contributed by atoms with E-state index in [1.165, 1.54) is 0 Å². The zero-order chi connectivity index (χ0) is 16.9. The predicted molar refractivity (Wildman–Crippen MR) is 108 cm³/mol. The number of guanidine groups is 1. The summed E-state index contributed by atoms with van der Waals surface area (Å²) in [6.45, 7) is 5.06. The van der Waals surface area contributed by atoms with Crippen molar-refractivity contribution in [2.24, 2.45) is 4.99 Å². The van der Waals surface area contributed by atoms with Gasteiger partial charge in [0.25, 0.3) is 0 Å². The molecule has 1 aromatic rings. The van der Waals surface area contributed by atoms with Crippen molar-refractivity contribution in [3.8, 4) is 0 Å². The Hall–Kier alpha value is -0.940. The van der Waals surface area contributed by atoms with Crippen LogP contribution in [0, 0.1) is 0 Å². The standard InChI is InChI=1S/C16H30N6O2.HI/c1-17-16(18-7-2-3-9-22-13-20-21-14-22)19-8-5-10-23-12-15-6-4-11-24-15;/h13-15H,2-12H2,1H3,(H2,17,18,19);1H. The molecule has 1 fully saturated rings. The molecule has 2 heterocycles. The summed E-state index contributed by atoms with van der Waals surface area (Å²) < 4.78 is 13.2. The fourth-order valence-electron chi connectivity index (χ4n) is 2.56. The number of nitrogens with zero attached hydrogens (tertiary/aromatic N) is 4. The summed E-state index contributed by atoms with van der Waals surface area (Å²) >= 11 is 0. The summed E-state index contributed by atoms with van der Waals surface area (Å²) in [6.07, 6.45) is 9.21. The van der Waals surface area contributed by atoms with E-state index in [1.54, 1.807) is 19.7 Å². The van der Waals surface area contributed by atoms with Crippen molar-refractivity contribution >= 4 is 29.9 Å². The monoisotopic (exact) mass is 466 g/mol. The fraction of sp³-hybridized carbons (Fsp3) is 0.812. The summed E-state index contributed by atoms with van der Waals surface area (Å²) in [5, 5.41) is 14.2. The number of nitrogens with one attached hydrogen (secondary N) is 2. The molecule has 8 nitrogen and oxygen atoms in total. The van der Waals surface area contributed by atoms with Crippen LogP contribution in [-0.4, -0.2) is 66.8 Å². The van der Waals surface area contributed by atoms with Crippen LogP contribution >= 0.6 is 24.0 Å². The Balaban J connectivity index is 0.00000312. The van der Waals surface area contributed by atoms with E-state index in [0.717, 1.165) is 77.5 Å². The van der Waals surface area contributed by atoms with Gasteiger partial charge in [-0.15, -0.1) is 34.2 Å². The van der Waals surface area contributed by atoms with E-state index in [0.29, 0.717) is 6.10 Å². The minimum atomic E-state index is 0. The summed E-state index contributed by atoms with van der Waals surface area (Å²) in [5.41, 5.74) is 0. The van der Waals surface area contributed by atoms with Gasteiger partial charge in [0.1, 0.15) is 12.7 Å². The summed E-state index contributed by atoms with van der Waals surface area (Å²) in [5.74, 6) is 0.846. The maximum absolute atomic E-state index is 5.64. The second-order valence-corrected chi connectivity index (χ2v) is 5.90. The van der Waals surface area contributed by atoms with Gasteiger partial charge in [0.05, 0.1) is 12.7 Å². The molecule has 1 aromatic heterocycles. The third kappa shape index (κ3) is 9.95. The van der Waals surface area contributed by atoms with Crippen LogP contribution in [0.5, 0.6) is 0 Å². The van der Waals surface area contributed by atoms with Gasteiger partial charge in [0, 0.05) is 39.9 Å². The lowest BCUT2D eigenvalue weighted by atomic mass is 10.2. The van der Waals surface area contributed by atoms with E-state index >= 15 is 0 Å². The molecule has 2 rings (SSSR count). The zero-order valence-corrected chi connectivity index (χ0v) is 17.4. The van der Waals surface area contributed by atoms with Gasteiger partial charge in [0.15, 0.2) is 5.96 Å². The Morgan fingerprint density at radius 2 is 2.00 bits per heavy atom. The lowest BCUT2D eigenvalue weighted by Gasteiger charge is -2.13. The predicted octanol–water partition coefficient (Wildman–Crippen LogP) is 1.43. The van der Waals surface area contributed by atoms with Gasteiger partial charge >= 0.3 is 0 Å². The van der Waals surface area contributed by atoms with Crippen LogP contribution < -0.4 is 10.6 Å². The first kappa shape index (κ1) is 22.1. The third-order valence-corrected chi connectivity index (χ3v) is 3.91. The fourth-order valence-corrected chi connectivity index (χ4v) is 2.56. The van der Waals surface area contributed by atoms with Gasteiger partial charge in [-0.05, 0) is 32.1 Å². The molecule has 1 atom stereocenters. The lowest BCUT2D eigenvalue weighted by Crippen LogP contribution is -2.38.